The first-order valence-corrected chi connectivity index (χ1v) is 10.6. The third kappa shape index (κ3) is 4.80. The van der Waals surface area contributed by atoms with Gasteiger partial charge in [-0.15, -0.1) is 0 Å². The van der Waals surface area contributed by atoms with Crippen molar-refractivity contribution in [1.29, 1.82) is 0 Å². The molecule has 2 aromatic heterocycles. The van der Waals surface area contributed by atoms with Gasteiger partial charge in [0.1, 0.15) is 0 Å². The molecule has 0 aliphatic carbocycles. The summed E-state index contributed by atoms with van der Waals surface area (Å²) in [6, 6.07) is 11.7. The summed E-state index contributed by atoms with van der Waals surface area (Å²) >= 11 is 0. The molecule has 31 heavy (non-hydrogen) atoms. The lowest BCUT2D eigenvalue weighted by Gasteiger charge is -2.36. The van der Waals surface area contributed by atoms with Gasteiger partial charge in [0.05, 0.1) is 11.4 Å². The van der Waals surface area contributed by atoms with Crippen LogP contribution in [-0.4, -0.2) is 54.6 Å². The Balaban J connectivity index is 1.25. The quantitative estimate of drug-likeness (QED) is 0.585. The molecule has 3 aromatic rings. The highest BCUT2D eigenvalue weighted by Gasteiger charge is 2.21. The molecule has 4 rings (SSSR count). The summed E-state index contributed by atoms with van der Waals surface area (Å²) in [6.07, 6.45) is 5.59. The van der Waals surface area contributed by atoms with Crippen molar-refractivity contribution < 1.29 is 13.6 Å². The Kier molecular flexibility index (Phi) is 6.36. The van der Waals surface area contributed by atoms with Crippen LogP contribution in [0.25, 0.3) is 5.52 Å². The maximum atomic E-state index is 14.0. The van der Waals surface area contributed by atoms with E-state index >= 15 is 0 Å². The number of urea groups is 1. The lowest BCUT2D eigenvalue weighted by molar-refractivity contribution is 0.248. The van der Waals surface area contributed by atoms with Gasteiger partial charge in [-0.3, -0.25) is 9.80 Å². The van der Waals surface area contributed by atoms with E-state index in [1.54, 1.807) is 17.0 Å². The van der Waals surface area contributed by atoms with E-state index in [1.165, 1.54) is 0 Å². The highest BCUT2D eigenvalue weighted by molar-refractivity contribution is 5.91. The van der Waals surface area contributed by atoms with Crippen LogP contribution in [-0.2, 0) is 0 Å². The Morgan fingerprint density at radius 1 is 1.03 bits per heavy atom. The third-order valence-corrected chi connectivity index (χ3v) is 5.82. The van der Waals surface area contributed by atoms with Crippen molar-refractivity contribution in [1.82, 2.24) is 9.30 Å². The van der Waals surface area contributed by atoms with Crippen LogP contribution in [0.5, 0.6) is 0 Å². The van der Waals surface area contributed by atoms with Gasteiger partial charge in [0.15, 0.2) is 11.6 Å². The van der Waals surface area contributed by atoms with Crippen LogP contribution < -0.4 is 15.5 Å². The summed E-state index contributed by atoms with van der Waals surface area (Å²) in [5, 5.41) is 0. The Morgan fingerprint density at radius 2 is 1.84 bits per heavy atom. The molecule has 2 amide bonds. The van der Waals surface area contributed by atoms with Gasteiger partial charge in [-0.1, -0.05) is 12.1 Å². The molecule has 0 bridgehead atoms. The van der Waals surface area contributed by atoms with Crippen LogP contribution in [0.2, 0.25) is 0 Å². The number of fused-ring (bicyclic) bond motifs is 1. The Morgan fingerprint density at radius 3 is 2.58 bits per heavy atom. The number of benzene rings is 1. The van der Waals surface area contributed by atoms with Crippen molar-refractivity contribution in [2.24, 2.45) is 5.73 Å². The second kappa shape index (κ2) is 9.34. The topological polar surface area (TPSA) is 57.2 Å². The first-order valence-electron chi connectivity index (χ1n) is 10.6. The third-order valence-electron chi connectivity index (χ3n) is 5.82. The molecule has 0 atom stereocenters. The van der Waals surface area contributed by atoms with Gasteiger partial charge in [0, 0.05) is 50.6 Å². The minimum absolute atomic E-state index is 0.330. The molecule has 1 saturated heterocycles. The van der Waals surface area contributed by atoms with Crippen LogP contribution in [0.3, 0.4) is 0 Å². The minimum Gasteiger partial charge on any atom is -0.367 e. The number of piperazine rings is 1. The fourth-order valence-corrected chi connectivity index (χ4v) is 4.11. The lowest BCUT2D eigenvalue weighted by Crippen LogP contribution is -2.47. The zero-order chi connectivity index (χ0) is 21.8. The molecule has 0 saturated carbocycles. The maximum Gasteiger partial charge on any atom is 0.319 e. The van der Waals surface area contributed by atoms with E-state index < -0.39 is 17.7 Å². The summed E-state index contributed by atoms with van der Waals surface area (Å²) < 4.78 is 29.4. The molecule has 1 fully saturated rings. The van der Waals surface area contributed by atoms with E-state index in [0.29, 0.717) is 25.3 Å². The van der Waals surface area contributed by atoms with E-state index in [9.17, 15) is 13.6 Å². The molecule has 164 valence electrons. The number of unbranched alkanes of at least 4 members (excludes halogenated alkanes) is 1. The van der Waals surface area contributed by atoms with E-state index in [2.05, 4.69) is 4.90 Å². The number of halogens is 2. The number of nitrogens with zero attached hydrogens (tertiary/aromatic N) is 4. The summed E-state index contributed by atoms with van der Waals surface area (Å²) in [5.74, 6) is -1.59. The summed E-state index contributed by atoms with van der Waals surface area (Å²) in [4.78, 5) is 17.8. The Bertz CT molecular complexity index is 1010. The molecule has 0 radical (unpaired) electrons. The second-order valence-corrected chi connectivity index (χ2v) is 7.83. The van der Waals surface area contributed by atoms with Crippen LogP contribution in [0.15, 0.2) is 54.9 Å². The van der Waals surface area contributed by atoms with Gasteiger partial charge in [0.2, 0.25) is 0 Å². The largest absolute Gasteiger partial charge is 0.367 e. The Hall–Kier alpha value is -3.13. The van der Waals surface area contributed by atoms with Crippen LogP contribution in [0, 0.1) is 11.6 Å². The van der Waals surface area contributed by atoms with Crippen molar-refractivity contribution in [2.75, 3.05) is 49.1 Å². The number of anilines is 2. The maximum absolute atomic E-state index is 14.0. The SMILES string of the molecule is NC(=O)N(CCCCN1CCN(c2cccc(F)c2F)CC1)c1cc2ccccn2c1. The number of carbonyl (C=O) groups is 1. The number of primary amides is 1. The van der Waals surface area contributed by atoms with Crippen molar-refractivity contribution in [2.45, 2.75) is 12.8 Å². The number of hydrogen-bond donors (Lipinski definition) is 1. The zero-order valence-corrected chi connectivity index (χ0v) is 17.4. The first kappa shape index (κ1) is 21.1. The molecule has 1 aromatic carbocycles. The molecule has 8 heteroatoms. The number of hydrogen-bond acceptors (Lipinski definition) is 3. The van der Waals surface area contributed by atoms with Crippen molar-refractivity contribution in [3.63, 3.8) is 0 Å². The fraction of sp³-hybridized carbons (Fsp3) is 0.348. The first-order chi connectivity index (χ1) is 15.0. The summed E-state index contributed by atoms with van der Waals surface area (Å²) in [6.45, 7) is 4.35. The number of rotatable bonds is 7. The van der Waals surface area contributed by atoms with Gasteiger partial charge >= 0.3 is 6.03 Å². The van der Waals surface area contributed by atoms with Crippen molar-refractivity contribution in [3.8, 4) is 0 Å². The molecule has 1 aliphatic rings. The lowest BCUT2D eigenvalue weighted by atomic mass is 10.2. The number of amides is 2. The molecule has 6 nitrogen and oxygen atoms in total. The van der Waals surface area contributed by atoms with Crippen LogP contribution >= 0.6 is 0 Å². The predicted molar refractivity (Wildman–Crippen MR) is 119 cm³/mol. The second-order valence-electron chi connectivity index (χ2n) is 7.83. The molecule has 3 heterocycles. The van der Waals surface area contributed by atoms with E-state index in [1.807, 2.05) is 46.0 Å². The molecule has 2 N–H and O–H groups in total. The molecule has 0 unspecified atom stereocenters. The summed E-state index contributed by atoms with van der Waals surface area (Å²) in [5.41, 5.74) is 7.75. The van der Waals surface area contributed by atoms with Crippen LogP contribution in [0.1, 0.15) is 12.8 Å². The highest BCUT2D eigenvalue weighted by atomic mass is 19.2. The predicted octanol–water partition coefficient (Wildman–Crippen LogP) is 3.71. The standard InChI is InChI=1S/C23H27F2N5O/c24-20-7-5-8-21(22(20)25)28-14-12-27(13-15-28)9-3-4-11-30(23(26)31)19-16-18-6-1-2-10-29(18)17-19/h1-2,5-8,10,16-17H,3-4,9,11-15H2,(H2,26,31). The normalized spacial score (nSPS) is 14.8. The minimum atomic E-state index is -0.810. The van der Waals surface area contributed by atoms with E-state index in [-0.39, 0.29) is 0 Å². The Labute approximate surface area is 180 Å². The number of carbonyl (C=O) groups excluding carboxylic acids is 1. The summed E-state index contributed by atoms with van der Waals surface area (Å²) in [7, 11) is 0. The van der Waals surface area contributed by atoms with Gasteiger partial charge in [-0.25, -0.2) is 13.6 Å². The van der Waals surface area contributed by atoms with Crippen molar-refractivity contribution >= 4 is 22.9 Å². The molecular formula is C23H27F2N5O. The van der Waals surface area contributed by atoms with Crippen LogP contribution in [0.4, 0.5) is 25.0 Å². The molecule has 1 aliphatic heterocycles. The number of aromatic nitrogens is 1. The van der Waals surface area contributed by atoms with E-state index in [4.69, 9.17) is 5.73 Å². The monoisotopic (exact) mass is 427 g/mol. The fourth-order valence-electron chi connectivity index (χ4n) is 4.11. The number of nitrogens with two attached hydrogens (primary N) is 1. The van der Waals surface area contributed by atoms with Gasteiger partial charge < -0.3 is 15.0 Å². The molecule has 0 spiro atoms. The van der Waals surface area contributed by atoms with Gasteiger partial charge in [-0.05, 0) is 49.7 Å². The van der Waals surface area contributed by atoms with Gasteiger partial charge in [-0.2, -0.15) is 0 Å². The molecular weight excluding hydrogens is 400 g/mol. The number of pyridine rings is 1. The average Bonchev–Trinajstić information content (AvgIpc) is 3.19. The van der Waals surface area contributed by atoms with E-state index in [0.717, 1.165) is 49.7 Å². The zero-order valence-electron chi connectivity index (χ0n) is 17.4. The smallest absolute Gasteiger partial charge is 0.319 e. The average molecular weight is 427 g/mol. The van der Waals surface area contributed by atoms with Crippen molar-refractivity contribution in [3.05, 3.63) is 66.5 Å². The highest BCUT2D eigenvalue weighted by Crippen LogP contribution is 2.23. The van der Waals surface area contributed by atoms with Gasteiger partial charge in [0.25, 0.3) is 0 Å².